The lowest BCUT2D eigenvalue weighted by atomic mass is 9.79. The van der Waals surface area contributed by atoms with Gasteiger partial charge in [-0.3, -0.25) is 0 Å². The Morgan fingerprint density at radius 3 is 2.16 bits per heavy atom. The molecule has 0 bridgehead atoms. The van der Waals surface area contributed by atoms with E-state index in [4.69, 9.17) is 9.52 Å². The van der Waals surface area contributed by atoms with E-state index in [2.05, 4.69) is 82.9 Å². The molecule has 0 saturated heterocycles. The van der Waals surface area contributed by atoms with Gasteiger partial charge in [-0.25, -0.2) is 0 Å². The van der Waals surface area contributed by atoms with Crippen LogP contribution in [0.2, 0.25) is 0 Å². The Bertz CT molecular complexity index is 1420. The summed E-state index contributed by atoms with van der Waals surface area (Å²) >= 11 is 1.55. The van der Waals surface area contributed by atoms with Crippen molar-refractivity contribution in [1.82, 2.24) is 19.8 Å². The molecule has 0 saturated carbocycles. The number of para-hydroxylation sites is 1. The Morgan fingerprint density at radius 2 is 1.53 bits per heavy atom. The topological polar surface area (TPSA) is 56.2 Å². The van der Waals surface area contributed by atoms with Crippen LogP contribution < -0.4 is 0 Å². The third-order valence-electron chi connectivity index (χ3n) is 5.95. The van der Waals surface area contributed by atoms with Gasteiger partial charge in [-0.15, -0.1) is 10.2 Å². The van der Waals surface area contributed by atoms with Gasteiger partial charge in [-0.2, -0.15) is 9.61 Å². The lowest BCUT2D eigenvalue weighted by molar-refractivity contribution is 0.569. The van der Waals surface area contributed by atoms with E-state index in [1.807, 2.05) is 22.7 Å². The molecule has 5 nitrogen and oxygen atoms in total. The van der Waals surface area contributed by atoms with E-state index >= 15 is 0 Å². The molecule has 0 aliphatic carbocycles. The summed E-state index contributed by atoms with van der Waals surface area (Å²) in [4.78, 5) is 0.758. The maximum Gasteiger partial charge on any atom is 0.235 e. The highest BCUT2D eigenvalue weighted by molar-refractivity contribution is 7.19. The quantitative estimate of drug-likeness (QED) is 0.290. The van der Waals surface area contributed by atoms with Crippen molar-refractivity contribution in [3.63, 3.8) is 0 Å². The summed E-state index contributed by atoms with van der Waals surface area (Å²) in [6, 6.07) is 14.9. The van der Waals surface area contributed by atoms with E-state index in [1.165, 1.54) is 11.1 Å². The lowest BCUT2D eigenvalue weighted by Gasteiger charge is -2.25. The molecule has 32 heavy (non-hydrogen) atoms. The molecule has 0 aliphatic rings. The second-order valence-corrected chi connectivity index (χ2v) is 11.4. The molecular formula is C26H28N4OS. The fraction of sp³-hybridized carbons (Fsp3) is 0.346. The van der Waals surface area contributed by atoms with Gasteiger partial charge in [0.15, 0.2) is 5.76 Å². The van der Waals surface area contributed by atoms with Crippen LogP contribution in [0.25, 0.3) is 38.1 Å². The molecule has 5 aromatic rings. The Hall–Kier alpha value is -2.99. The van der Waals surface area contributed by atoms with Gasteiger partial charge in [-0.1, -0.05) is 77.1 Å². The van der Waals surface area contributed by atoms with E-state index < -0.39 is 0 Å². The molecule has 6 heteroatoms. The van der Waals surface area contributed by atoms with Crippen LogP contribution in [0.1, 0.15) is 58.2 Å². The molecule has 0 radical (unpaired) electrons. The molecule has 5 rings (SSSR count). The zero-order valence-corrected chi connectivity index (χ0v) is 20.5. The van der Waals surface area contributed by atoms with Gasteiger partial charge in [-0.05, 0) is 47.1 Å². The maximum atomic E-state index is 6.14. The van der Waals surface area contributed by atoms with Crippen LogP contribution in [0.15, 0.2) is 46.9 Å². The van der Waals surface area contributed by atoms with E-state index in [9.17, 15) is 0 Å². The second-order valence-electron chi connectivity index (χ2n) is 10.5. The van der Waals surface area contributed by atoms with Gasteiger partial charge in [0, 0.05) is 16.5 Å². The molecule has 0 aliphatic heterocycles. The molecule has 0 amide bonds. The number of benzene rings is 2. The molecule has 0 spiro atoms. The number of hydrogen-bond acceptors (Lipinski definition) is 5. The molecular weight excluding hydrogens is 416 g/mol. The van der Waals surface area contributed by atoms with Crippen molar-refractivity contribution in [2.24, 2.45) is 0 Å². The van der Waals surface area contributed by atoms with Crippen molar-refractivity contribution >= 4 is 27.3 Å². The summed E-state index contributed by atoms with van der Waals surface area (Å²) < 4.78 is 7.95. The van der Waals surface area contributed by atoms with Gasteiger partial charge >= 0.3 is 0 Å². The summed E-state index contributed by atoms with van der Waals surface area (Å²) in [6.45, 7) is 15.6. The fourth-order valence-electron chi connectivity index (χ4n) is 3.88. The van der Waals surface area contributed by atoms with E-state index in [0.29, 0.717) is 5.82 Å². The van der Waals surface area contributed by atoms with Crippen molar-refractivity contribution < 1.29 is 4.42 Å². The van der Waals surface area contributed by atoms with Crippen LogP contribution in [0.5, 0.6) is 0 Å². The number of aryl methyl sites for hydroxylation is 1. The number of fused-ring (bicyclic) bond motifs is 2. The minimum absolute atomic E-state index is 0.0471. The van der Waals surface area contributed by atoms with Crippen LogP contribution in [-0.4, -0.2) is 19.8 Å². The van der Waals surface area contributed by atoms with Crippen LogP contribution in [-0.2, 0) is 10.8 Å². The van der Waals surface area contributed by atoms with Crippen LogP contribution in [0, 0.1) is 6.92 Å². The molecule has 0 unspecified atom stereocenters. The average molecular weight is 445 g/mol. The van der Waals surface area contributed by atoms with Crippen molar-refractivity contribution in [3.8, 4) is 22.2 Å². The number of furan rings is 1. The first-order chi connectivity index (χ1) is 15.0. The molecule has 0 atom stereocenters. The van der Waals surface area contributed by atoms with Crippen molar-refractivity contribution in [2.45, 2.75) is 59.3 Å². The fourth-order valence-corrected chi connectivity index (χ4v) is 4.71. The third-order valence-corrected chi connectivity index (χ3v) is 6.90. The zero-order chi connectivity index (χ0) is 22.8. The van der Waals surface area contributed by atoms with E-state index in [1.54, 1.807) is 11.3 Å². The van der Waals surface area contributed by atoms with Crippen LogP contribution >= 0.6 is 11.3 Å². The number of rotatable bonds is 2. The van der Waals surface area contributed by atoms with Crippen molar-refractivity contribution in [3.05, 3.63) is 59.2 Å². The first-order valence-corrected chi connectivity index (χ1v) is 11.7. The molecule has 0 fully saturated rings. The molecule has 3 heterocycles. The van der Waals surface area contributed by atoms with E-state index in [0.717, 1.165) is 37.8 Å². The largest absolute Gasteiger partial charge is 0.452 e. The Balaban J connectivity index is 1.67. The summed E-state index contributed by atoms with van der Waals surface area (Å²) in [5.74, 6) is 1.36. The number of aromatic nitrogens is 4. The predicted molar refractivity (Wildman–Crippen MR) is 131 cm³/mol. The van der Waals surface area contributed by atoms with Crippen molar-refractivity contribution in [2.75, 3.05) is 0 Å². The monoisotopic (exact) mass is 444 g/mol. The Morgan fingerprint density at radius 1 is 0.875 bits per heavy atom. The van der Waals surface area contributed by atoms with E-state index in [-0.39, 0.29) is 10.8 Å². The zero-order valence-electron chi connectivity index (χ0n) is 19.6. The van der Waals surface area contributed by atoms with Gasteiger partial charge in [0.1, 0.15) is 10.6 Å². The highest BCUT2D eigenvalue weighted by Crippen LogP contribution is 2.37. The van der Waals surface area contributed by atoms with Gasteiger partial charge in [0.25, 0.3) is 0 Å². The number of nitrogens with zero attached hydrogens (tertiary/aromatic N) is 4. The molecule has 164 valence electrons. The summed E-state index contributed by atoms with van der Waals surface area (Å²) in [7, 11) is 0. The third kappa shape index (κ3) is 3.43. The van der Waals surface area contributed by atoms with Gasteiger partial charge in [0.05, 0.1) is 0 Å². The smallest absolute Gasteiger partial charge is 0.235 e. The van der Waals surface area contributed by atoms with Crippen LogP contribution in [0.4, 0.5) is 0 Å². The summed E-state index contributed by atoms with van der Waals surface area (Å²) in [6.07, 6.45) is 0. The SMILES string of the molecule is Cc1c(-c2nnc3sc(-c4cc(C(C)(C)C)cc(C(C)(C)C)c4)nn23)oc2ccccc12. The highest BCUT2D eigenvalue weighted by atomic mass is 32.1. The molecule has 0 N–H and O–H groups in total. The molecule has 2 aromatic carbocycles. The maximum absolute atomic E-state index is 6.14. The normalized spacial score (nSPS) is 12.8. The highest BCUT2D eigenvalue weighted by Gasteiger charge is 2.24. The average Bonchev–Trinajstić information content (AvgIpc) is 3.39. The minimum Gasteiger partial charge on any atom is -0.452 e. The summed E-state index contributed by atoms with van der Waals surface area (Å²) in [5, 5.41) is 15.7. The van der Waals surface area contributed by atoms with Crippen molar-refractivity contribution in [1.29, 1.82) is 0 Å². The predicted octanol–water partition coefficient (Wildman–Crippen LogP) is 7.17. The lowest BCUT2D eigenvalue weighted by Crippen LogP contribution is -2.16. The number of hydrogen-bond donors (Lipinski definition) is 0. The summed E-state index contributed by atoms with van der Waals surface area (Å²) in [5.41, 5.74) is 5.72. The molecule has 3 aromatic heterocycles. The second kappa shape index (κ2) is 7.01. The first kappa shape index (κ1) is 20.9. The Labute approximate surface area is 192 Å². The first-order valence-electron chi connectivity index (χ1n) is 10.9. The van der Waals surface area contributed by atoms with Gasteiger partial charge in [0.2, 0.25) is 10.8 Å². The standard InChI is InChI=1S/C26H28N4OS/c1-15-19-10-8-9-11-20(19)31-21(15)22-27-28-24-30(22)29-23(32-24)16-12-17(25(2,3)4)14-18(13-16)26(5,6)7/h8-14H,1-7H3. The minimum atomic E-state index is 0.0471. The Kier molecular flexibility index (Phi) is 4.57. The van der Waals surface area contributed by atoms with Gasteiger partial charge < -0.3 is 4.42 Å². The van der Waals surface area contributed by atoms with Crippen LogP contribution in [0.3, 0.4) is 0 Å².